The van der Waals surface area contributed by atoms with Crippen LogP contribution in [0.25, 0.3) is 0 Å². The summed E-state index contributed by atoms with van der Waals surface area (Å²) in [6.07, 6.45) is 0. The van der Waals surface area contributed by atoms with Gasteiger partial charge in [0.25, 0.3) is 0 Å². The van der Waals surface area contributed by atoms with Crippen LogP contribution in [0.2, 0.25) is 0 Å². The molecule has 0 spiro atoms. The van der Waals surface area contributed by atoms with Crippen LogP contribution in [-0.4, -0.2) is 49.4 Å². The molecule has 0 aromatic carbocycles. The van der Waals surface area contributed by atoms with Crippen LogP contribution in [0.4, 0.5) is 0 Å². The van der Waals surface area contributed by atoms with Crippen molar-refractivity contribution in [2.45, 2.75) is 13.8 Å². The highest BCUT2D eigenvalue weighted by Crippen LogP contribution is 1.75. The van der Waals surface area contributed by atoms with Gasteiger partial charge in [0, 0.05) is 20.1 Å². The van der Waals surface area contributed by atoms with Crippen molar-refractivity contribution in [3.63, 3.8) is 0 Å². The van der Waals surface area contributed by atoms with E-state index in [-0.39, 0.29) is 0 Å². The van der Waals surface area contributed by atoms with Gasteiger partial charge >= 0.3 is 0 Å². The number of hydrogen-bond acceptors (Lipinski definition) is 3. The van der Waals surface area contributed by atoms with E-state index in [4.69, 9.17) is 5.21 Å². The maximum Gasteiger partial charge on any atom is 0.0362 e. The van der Waals surface area contributed by atoms with E-state index in [0.717, 1.165) is 6.54 Å². The lowest BCUT2D eigenvalue weighted by molar-refractivity contribution is -0.0674. The molecule has 0 radical (unpaired) electrons. The van der Waals surface area contributed by atoms with Gasteiger partial charge in [-0.1, -0.05) is 13.8 Å². The van der Waals surface area contributed by atoms with E-state index in [2.05, 4.69) is 0 Å². The number of hydroxylamine groups is 2. The molecule has 0 saturated carbocycles. The van der Waals surface area contributed by atoms with E-state index in [9.17, 15) is 0 Å². The van der Waals surface area contributed by atoms with Crippen molar-refractivity contribution in [3.05, 3.63) is 0 Å². The molecule has 1 N–H and O–H groups in total. The highest BCUT2D eigenvalue weighted by molar-refractivity contribution is 4.42. The van der Waals surface area contributed by atoms with Crippen LogP contribution in [0.15, 0.2) is 0 Å². The zero-order chi connectivity index (χ0) is 8.57. The lowest BCUT2D eigenvalue weighted by Crippen LogP contribution is -2.25. The Hall–Kier alpha value is -0.120. The Morgan fingerprint density at radius 3 is 1.50 bits per heavy atom. The molecule has 0 heterocycles. The van der Waals surface area contributed by atoms with Crippen molar-refractivity contribution in [1.82, 2.24) is 9.96 Å². The Morgan fingerprint density at radius 2 is 1.40 bits per heavy atom. The highest BCUT2D eigenvalue weighted by Gasteiger charge is 1.91. The normalized spacial score (nSPS) is 9.60. The molecular formula is C7H20N2O. The molecule has 0 aliphatic carbocycles. The summed E-state index contributed by atoms with van der Waals surface area (Å²) in [4.78, 5) is 2.02. The quantitative estimate of drug-likeness (QED) is 0.602. The van der Waals surface area contributed by atoms with Crippen LogP contribution >= 0.6 is 0 Å². The van der Waals surface area contributed by atoms with Crippen LogP contribution in [-0.2, 0) is 0 Å². The minimum absolute atomic E-state index is 0.701. The highest BCUT2D eigenvalue weighted by atomic mass is 16.5. The molecule has 0 saturated heterocycles. The van der Waals surface area contributed by atoms with Crippen molar-refractivity contribution in [2.24, 2.45) is 0 Å². The van der Waals surface area contributed by atoms with Gasteiger partial charge in [-0.15, -0.1) is 0 Å². The summed E-state index contributed by atoms with van der Waals surface area (Å²) in [6, 6.07) is 0. The summed E-state index contributed by atoms with van der Waals surface area (Å²) < 4.78 is 0. The van der Waals surface area contributed by atoms with Crippen molar-refractivity contribution >= 4 is 0 Å². The first-order chi connectivity index (χ1) is 4.63. The summed E-state index contributed by atoms with van der Waals surface area (Å²) in [5, 5.41) is 9.79. The van der Waals surface area contributed by atoms with Gasteiger partial charge in [-0.05, 0) is 14.1 Å². The predicted octanol–water partition coefficient (Wildman–Crippen LogP) is 0.895. The van der Waals surface area contributed by atoms with E-state index >= 15 is 0 Å². The third-order valence-electron chi connectivity index (χ3n) is 0.871. The maximum absolute atomic E-state index is 8.61. The van der Waals surface area contributed by atoms with Crippen molar-refractivity contribution in [3.8, 4) is 0 Å². The predicted molar refractivity (Wildman–Crippen MR) is 44.3 cm³/mol. The lowest BCUT2D eigenvalue weighted by atomic mass is 10.6. The molecule has 0 unspecified atom stereocenters. The first-order valence-corrected chi connectivity index (χ1v) is 3.67. The molecule has 0 rings (SSSR count). The molecule has 0 atom stereocenters. The van der Waals surface area contributed by atoms with Crippen molar-refractivity contribution in [1.29, 1.82) is 0 Å². The lowest BCUT2D eigenvalue weighted by Gasteiger charge is -2.12. The average molecular weight is 148 g/mol. The maximum atomic E-state index is 8.61. The van der Waals surface area contributed by atoms with E-state index in [0.29, 0.717) is 6.54 Å². The Labute approximate surface area is 64.2 Å². The molecule has 64 valence electrons. The average Bonchev–Trinajstić information content (AvgIpc) is 1.89. The van der Waals surface area contributed by atoms with Crippen LogP contribution in [0.3, 0.4) is 0 Å². The Bertz CT molecular complexity index is 47.6. The number of hydrogen-bond donors (Lipinski definition) is 1. The Kier molecular flexibility index (Phi) is 11.1. The summed E-state index contributed by atoms with van der Waals surface area (Å²) in [6.45, 7) is 5.60. The van der Waals surface area contributed by atoms with Gasteiger partial charge in [0.1, 0.15) is 0 Å². The molecule has 0 aliphatic rings. The minimum Gasteiger partial charge on any atom is -0.314 e. The SMILES string of the molecule is CC.CN(C)CCN(C)O. The van der Waals surface area contributed by atoms with Gasteiger partial charge < -0.3 is 10.1 Å². The second-order valence-corrected chi connectivity index (χ2v) is 2.18. The van der Waals surface area contributed by atoms with Crippen LogP contribution in [0, 0.1) is 0 Å². The Balaban J connectivity index is 0. The third kappa shape index (κ3) is 15.7. The zero-order valence-corrected chi connectivity index (χ0v) is 7.76. The monoisotopic (exact) mass is 148 g/mol. The number of likely N-dealkylation sites (N-methyl/N-ethyl adjacent to an activating group) is 2. The Morgan fingerprint density at radius 1 is 1.00 bits per heavy atom. The summed E-state index contributed by atoms with van der Waals surface area (Å²) in [5.74, 6) is 0. The van der Waals surface area contributed by atoms with Crippen LogP contribution < -0.4 is 0 Å². The van der Waals surface area contributed by atoms with Crippen molar-refractivity contribution in [2.75, 3.05) is 34.2 Å². The van der Waals surface area contributed by atoms with Gasteiger partial charge in [-0.3, -0.25) is 0 Å². The van der Waals surface area contributed by atoms with Crippen molar-refractivity contribution < 1.29 is 5.21 Å². The molecule has 0 amide bonds. The summed E-state index contributed by atoms with van der Waals surface area (Å²) in [5.41, 5.74) is 0. The van der Waals surface area contributed by atoms with Crippen LogP contribution in [0.5, 0.6) is 0 Å². The largest absolute Gasteiger partial charge is 0.314 e. The molecule has 3 nitrogen and oxygen atoms in total. The molecule has 0 aromatic rings. The first kappa shape index (κ1) is 12.5. The van der Waals surface area contributed by atoms with Gasteiger partial charge in [-0.25, -0.2) is 0 Å². The fourth-order valence-corrected chi connectivity index (χ4v) is 0.345. The van der Waals surface area contributed by atoms with E-state index in [1.54, 1.807) is 7.05 Å². The third-order valence-corrected chi connectivity index (χ3v) is 0.871. The number of rotatable bonds is 3. The van der Waals surface area contributed by atoms with Gasteiger partial charge in [-0.2, -0.15) is 5.06 Å². The fourth-order valence-electron chi connectivity index (χ4n) is 0.345. The molecule has 0 fully saturated rings. The van der Waals surface area contributed by atoms with E-state index < -0.39 is 0 Å². The number of nitrogens with zero attached hydrogens (tertiary/aromatic N) is 2. The van der Waals surface area contributed by atoms with Gasteiger partial charge in [0.05, 0.1) is 0 Å². The van der Waals surface area contributed by atoms with Gasteiger partial charge in [0.15, 0.2) is 0 Å². The molecular weight excluding hydrogens is 128 g/mol. The molecule has 0 aromatic heterocycles. The molecule has 0 aliphatic heterocycles. The van der Waals surface area contributed by atoms with Gasteiger partial charge in [0.2, 0.25) is 0 Å². The fraction of sp³-hybridized carbons (Fsp3) is 1.00. The first-order valence-electron chi connectivity index (χ1n) is 3.67. The minimum atomic E-state index is 0.701. The molecule has 10 heavy (non-hydrogen) atoms. The van der Waals surface area contributed by atoms with E-state index in [1.807, 2.05) is 32.8 Å². The standard InChI is InChI=1S/C5H14N2O.C2H6/c1-6(2)4-5-7(3)8;1-2/h8H,4-5H2,1-3H3;1-2H3. The second kappa shape index (κ2) is 8.88. The summed E-state index contributed by atoms with van der Waals surface area (Å²) in [7, 11) is 5.59. The van der Waals surface area contributed by atoms with Crippen LogP contribution in [0.1, 0.15) is 13.8 Å². The topological polar surface area (TPSA) is 26.7 Å². The zero-order valence-electron chi connectivity index (χ0n) is 7.76. The van der Waals surface area contributed by atoms with E-state index in [1.165, 1.54) is 5.06 Å². The molecule has 3 heteroatoms. The second-order valence-electron chi connectivity index (χ2n) is 2.18. The summed E-state index contributed by atoms with van der Waals surface area (Å²) >= 11 is 0. The smallest absolute Gasteiger partial charge is 0.0362 e. The molecule has 0 bridgehead atoms.